The lowest BCUT2D eigenvalue weighted by Gasteiger charge is -2.01. The molecule has 0 spiro atoms. The van der Waals surface area contributed by atoms with Gasteiger partial charge in [0, 0.05) is 17.5 Å². The number of aromatic nitrogens is 2. The van der Waals surface area contributed by atoms with Crippen LogP contribution in [0.5, 0.6) is 0 Å². The van der Waals surface area contributed by atoms with Gasteiger partial charge < -0.3 is 4.42 Å². The van der Waals surface area contributed by atoms with Crippen LogP contribution >= 0.6 is 11.3 Å². The van der Waals surface area contributed by atoms with Crippen molar-refractivity contribution in [1.29, 1.82) is 0 Å². The molecule has 92 valence electrons. The first kappa shape index (κ1) is 11.0. The standard InChI is InChI=1S/C12H10N2O3S/c1-2-14-11(15)9-7(8-4-3-5-17-8)6-18-10(9)13-12(14)16/h3-6H,2H2,1H3,(H,13,16). The number of aromatic amines is 1. The van der Waals surface area contributed by atoms with Crippen LogP contribution in [0.1, 0.15) is 6.92 Å². The van der Waals surface area contributed by atoms with E-state index in [1.54, 1.807) is 25.3 Å². The molecule has 0 radical (unpaired) electrons. The zero-order valence-electron chi connectivity index (χ0n) is 9.60. The summed E-state index contributed by atoms with van der Waals surface area (Å²) in [7, 11) is 0. The molecule has 3 heterocycles. The highest BCUT2D eigenvalue weighted by Crippen LogP contribution is 2.30. The zero-order chi connectivity index (χ0) is 12.7. The van der Waals surface area contributed by atoms with E-state index in [-0.39, 0.29) is 11.2 Å². The molecule has 1 N–H and O–H groups in total. The molecule has 0 saturated heterocycles. The van der Waals surface area contributed by atoms with Crippen molar-refractivity contribution in [3.63, 3.8) is 0 Å². The Balaban J connectivity index is 2.44. The third-order valence-corrected chi connectivity index (χ3v) is 3.71. The van der Waals surface area contributed by atoms with Gasteiger partial charge >= 0.3 is 5.69 Å². The average Bonchev–Trinajstić information content (AvgIpc) is 2.96. The predicted octanol–water partition coefficient (Wildman–Crippen LogP) is 2.03. The van der Waals surface area contributed by atoms with Crippen LogP contribution in [0, 0.1) is 0 Å². The van der Waals surface area contributed by atoms with Gasteiger partial charge in [-0.25, -0.2) is 4.79 Å². The van der Waals surface area contributed by atoms with Crippen LogP contribution in [0.25, 0.3) is 21.5 Å². The number of nitrogens with zero attached hydrogens (tertiary/aromatic N) is 1. The van der Waals surface area contributed by atoms with Crippen molar-refractivity contribution in [2.45, 2.75) is 13.5 Å². The second kappa shape index (κ2) is 3.99. The molecule has 3 aromatic heterocycles. The molecule has 5 nitrogen and oxygen atoms in total. The highest BCUT2D eigenvalue weighted by atomic mass is 32.1. The normalized spacial score (nSPS) is 11.2. The fourth-order valence-corrected chi connectivity index (χ4v) is 2.89. The van der Waals surface area contributed by atoms with Crippen molar-refractivity contribution in [3.8, 4) is 11.3 Å². The Bertz CT molecular complexity index is 808. The summed E-state index contributed by atoms with van der Waals surface area (Å²) in [5, 5.41) is 2.33. The van der Waals surface area contributed by atoms with Crippen LogP contribution in [0.3, 0.4) is 0 Å². The molecule has 0 aliphatic heterocycles. The molecule has 0 bridgehead atoms. The molecule has 0 atom stereocenters. The van der Waals surface area contributed by atoms with Crippen molar-refractivity contribution < 1.29 is 4.42 Å². The molecular formula is C12H10N2O3S. The Kier molecular flexibility index (Phi) is 2.45. The third-order valence-electron chi connectivity index (χ3n) is 2.82. The quantitative estimate of drug-likeness (QED) is 0.768. The molecule has 0 fully saturated rings. The molecule has 3 aromatic rings. The van der Waals surface area contributed by atoms with E-state index in [1.807, 2.05) is 5.38 Å². The molecule has 0 saturated carbocycles. The van der Waals surface area contributed by atoms with Crippen molar-refractivity contribution in [3.05, 3.63) is 44.6 Å². The molecule has 0 unspecified atom stereocenters. The SMILES string of the molecule is CCn1c(=O)[nH]c2scc(-c3ccco3)c2c1=O. The van der Waals surface area contributed by atoms with E-state index in [1.165, 1.54) is 15.9 Å². The van der Waals surface area contributed by atoms with E-state index in [0.29, 0.717) is 22.5 Å². The number of H-pyrrole nitrogens is 1. The lowest BCUT2D eigenvalue weighted by molar-refractivity contribution is 0.583. The molecule has 18 heavy (non-hydrogen) atoms. The van der Waals surface area contributed by atoms with Gasteiger partial charge in [-0.05, 0) is 19.1 Å². The maximum absolute atomic E-state index is 12.3. The smallest absolute Gasteiger partial charge is 0.329 e. The molecule has 0 aromatic carbocycles. The first-order chi connectivity index (χ1) is 8.72. The monoisotopic (exact) mass is 262 g/mol. The van der Waals surface area contributed by atoms with E-state index in [9.17, 15) is 9.59 Å². The number of hydrogen-bond donors (Lipinski definition) is 1. The second-order valence-corrected chi connectivity index (χ2v) is 4.69. The van der Waals surface area contributed by atoms with Gasteiger partial charge in [-0.2, -0.15) is 0 Å². The van der Waals surface area contributed by atoms with Gasteiger partial charge in [0.2, 0.25) is 0 Å². The zero-order valence-corrected chi connectivity index (χ0v) is 10.4. The van der Waals surface area contributed by atoms with Gasteiger partial charge in [-0.1, -0.05) is 0 Å². The molecule has 0 aliphatic rings. The van der Waals surface area contributed by atoms with Crippen LogP contribution in [0.15, 0.2) is 37.8 Å². The molecule has 6 heteroatoms. The van der Waals surface area contributed by atoms with Crippen LogP contribution in [0.2, 0.25) is 0 Å². The topological polar surface area (TPSA) is 68.0 Å². The van der Waals surface area contributed by atoms with Gasteiger partial charge in [0.1, 0.15) is 10.6 Å². The molecule has 3 rings (SSSR count). The number of furan rings is 1. The van der Waals surface area contributed by atoms with Crippen LogP contribution in [-0.2, 0) is 6.54 Å². The van der Waals surface area contributed by atoms with Gasteiger partial charge in [-0.15, -0.1) is 11.3 Å². The predicted molar refractivity (Wildman–Crippen MR) is 70.1 cm³/mol. The fraction of sp³-hybridized carbons (Fsp3) is 0.167. The Labute approximate surface area is 105 Å². The van der Waals surface area contributed by atoms with Gasteiger partial charge in [0.15, 0.2) is 0 Å². The summed E-state index contributed by atoms with van der Waals surface area (Å²) in [5.41, 5.74) is 0.0789. The summed E-state index contributed by atoms with van der Waals surface area (Å²) in [4.78, 5) is 27.2. The van der Waals surface area contributed by atoms with Crippen LogP contribution in [0.4, 0.5) is 0 Å². The first-order valence-corrected chi connectivity index (χ1v) is 6.38. The van der Waals surface area contributed by atoms with Crippen LogP contribution in [-0.4, -0.2) is 9.55 Å². The number of rotatable bonds is 2. The fourth-order valence-electron chi connectivity index (χ4n) is 1.95. The van der Waals surface area contributed by atoms with Gasteiger partial charge in [0.25, 0.3) is 5.56 Å². The summed E-state index contributed by atoms with van der Waals surface area (Å²) in [6, 6.07) is 3.56. The minimum absolute atomic E-state index is 0.274. The number of fused-ring (bicyclic) bond motifs is 1. The van der Waals surface area contributed by atoms with E-state index >= 15 is 0 Å². The van der Waals surface area contributed by atoms with E-state index < -0.39 is 0 Å². The minimum Gasteiger partial charge on any atom is -0.464 e. The van der Waals surface area contributed by atoms with E-state index in [0.717, 1.165) is 5.56 Å². The van der Waals surface area contributed by atoms with Crippen LogP contribution < -0.4 is 11.2 Å². The minimum atomic E-state index is -0.372. The summed E-state index contributed by atoms with van der Waals surface area (Å²) in [6.07, 6.45) is 1.56. The largest absolute Gasteiger partial charge is 0.464 e. The Morgan fingerprint density at radius 2 is 2.28 bits per heavy atom. The Morgan fingerprint density at radius 1 is 1.44 bits per heavy atom. The van der Waals surface area contributed by atoms with Crippen molar-refractivity contribution in [1.82, 2.24) is 9.55 Å². The summed E-state index contributed by atoms with van der Waals surface area (Å²) < 4.78 is 6.49. The lowest BCUT2D eigenvalue weighted by atomic mass is 10.2. The maximum Gasteiger partial charge on any atom is 0.329 e. The first-order valence-electron chi connectivity index (χ1n) is 5.50. The Morgan fingerprint density at radius 3 is 2.94 bits per heavy atom. The summed E-state index contributed by atoms with van der Waals surface area (Å²) in [5.74, 6) is 0.632. The van der Waals surface area contributed by atoms with Crippen molar-refractivity contribution in [2.75, 3.05) is 0 Å². The molecule has 0 amide bonds. The molecular weight excluding hydrogens is 252 g/mol. The summed E-state index contributed by atoms with van der Waals surface area (Å²) in [6.45, 7) is 2.11. The van der Waals surface area contributed by atoms with Gasteiger partial charge in [-0.3, -0.25) is 14.3 Å². The highest BCUT2D eigenvalue weighted by Gasteiger charge is 2.15. The molecule has 0 aliphatic carbocycles. The highest BCUT2D eigenvalue weighted by molar-refractivity contribution is 7.17. The maximum atomic E-state index is 12.3. The second-order valence-electron chi connectivity index (χ2n) is 3.81. The summed E-state index contributed by atoms with van der Waals surface area (Å²) >= 11 is 1.33. The van der Waals surface area contributed by atoms with E-state index in [4.69, 9.17) is 4.42 Å². The number of hydrogen-bond acceptors (Lipinski definition) is 4. The Hall–Kier alpha value is -2.08. The number of thiophene rings is 1. The van der Waals surface area contributed by atoms with E-state index in [2.05, 4.69) is 4.98 Å². The van der Waals surface area contributed by atoms with Gasteiger partial charge in [0.05, 0.1) is 11.6 Å². The van der Waals surface area contributed by atoms with Crippen molar-refractivity contribution >= 4 is 21.6 Å². The number of nitrogens with one attached hydrogen (secondary N) is 1. The third kappa shape index (κ3) is 1.46. The lowest BCUT2D eigenvalue weighted by Crippen LogP contribution is -2.34. The average molecular weight is 262 g/mol. The van der Waals surface area contributed by atoms with Crippen molar-refractivity contribution in [2.24, 2.45) is 0 Å².